The van der Waals surface area contributed by atoms with Gasteiger partial charge in [-0.25, -0.2) is 18.1 Å². The number of fused-ring (bicyclic) bond motifs is 1. The summed E-state index contributed by atoms with van der Waals surface area (Å²) in [6, 6.07) is 27.9. The van der Waals surface area contributed by atoms with Crippen LogP contribution in [0.1, 0.15) is 72.0 Å². The number of ether oxygens (including phenoxy) is 2. The Hall–Kier alpha value is -6.58. The van der Waals surface area contributed by atoms with E-state index < -0.39 is 31.4 Å². The van der Waals surface area contributed by atoms with Gasteiger partial charge in [0.05, 0.1) is 27.6 Å². The van der Waals surface area contributed by atoms with Gasteiger partial charge in [0.2, 0.25) is 5.91 Å². The summed E-state index contributed by atoms with van der Waals surface area (Å²) in [7, 11) is -4.58. The van der Waals surface area contributed by atoms with Crippen molar-refractivity contribution in [3.63, 3.8) is 0 Å². The number of aromatic amines is 1. The lowest BCUT2D eigenvalue weighted by Gasteiger charge is -2.27. The molecule has 14 nitrogen and oxygen atoms in total. The van der Waals surface area contributed by atoms with Crippen LogP contribution in [0.25, 0.3) is 22.2 Å². The van der Waals surface area contributed by atoms with Crippen molar-refractivity contribution >= 4 is 49.9 Å². The van der Waals surface area contributed by atoms with E-state index >= 15 is 0 Å². The highest BCUT2D eigenvalue weighted by atomic mass is 32.2. The quantitative estimate of drug-likeness (QED) is 0.0752. The fraction of sp³-hybridized carbons (Fsp3) is 0.267. The zero-order valence-electron chi connectivity index (χ0n) is 32.5. The average molecular weight is 827 g/mol. The molecular weight excluding hydrogens is 785 g/mol. The predicted octanol–water partition coefficient (Wildman–Crippen LogP) is 8.63. The molecule has 3 aliphatic rings. The van der Waals surface area contributed by atoms with Crippen molar-refractivity contribution in [3.05, 3.63) is 136 Å². The Morgan fingerprint density at radius 1 is 0.933 bits per heavy atom. The van der Waals surface area contributed by atoms with E-state index in [1.807, 2.05) is 53.4 Å². The van der Waals surface area contributed by atoms with Crippen LogP contribution >= 0.6 is 0 Å². The van der Waals surface area contributed by atoms with Crippen LogP contribution < -0.4 is 19.7 Å². The van der Waals surface area contributed by atoms with E-state index in [0.717, 1.165) is 54.0 Å². The fourth-order valence-corrected chi connectivity index (χ4v) is 9.13. The van der Waals surface area contributed by atoms with Crippen LogP contribution in [0.2, 0.25) is 0 Å². The maximum absolute atomic E-state index is 13.9. The number of hydrogen-bond acceptors (Lipinski definition) is 10. The molecule has 60 heavy (non-hydrogen) atoms. The maximum atomic E-state index is 13.9. The minimum atomic E-state index is -4.58. The molecule has 4 aromatic carbocycles. The number of rotatable bonds is 13. The van der Waals surface area contributed by atoms with Gasteiger partial charge in [-0.3, -0.25) is 19.7 Å². The molecule has 1 atom stereocenters. The van der Waals surface area contributed by atoms with Crippen LogP contribution in [0.3, 0.4) is 0 Å². The van der Waals surface area contributed by atoms with E-state index in [2.05, 4.69) is 26.1 Å². The lowest BCUT2D eigenvalue weighted by Crippen LogP contribution is -2.31. The van der Waals surface area contributed by atoms with Gasteiger partial charge in [0.15, 0.2) is 0 Å². The van der Waals surface area contributed by atoms with Gasteiger partial charge in [0, 0.05) is 49.5 Å². The number of anilines is 2. The molecular formula is C45H42N6O8S. The number of amides is 2. The van der Waals surface area contributed by atoms with E-state index in [0.29, 0.717) is 55.5 Å². The van der Waals surface area contributed by atoms with Crippen molar-refractivity contribution in [2.75, 3.05) is 30.0 Å². The van der Waals surface area contributed by atoms with E-state index in [1.54, 1.807) is 24.4 Å². The second kappa shape index (κ2) is 16.2. The van der Waals surface area contributed by atoms with Crippen molar-refractivity contribution in [1.29, 1.82) is 0 Å². The van der Waals surface area contributed by atoms with Gasteiger partial charge in [-0.1, -0.05) is 48.5 Å². The number of nitro benzene ring substituents is 1. The van der Waals surface area contributed by atoms with E-state index in [-0.39, 0.29) is 34.9 Å². The zero-order valence-corrected chi connectivity index (χ0v) is 33.3. The molecule has 2 aromatic heterocycles. The number of hydrogen-bond donors (Lipinski definition) is 3. The first-order valence-electron chi connectivity index (χ1n) is 20.0. The second-order valence-electron chi connectivity index (χ2n) is 15.5. The molecule has 6 aromatic rings. The van der Waals surface area contributed by atoms with Crippen LogP contribution in [0.4, 0.5) is 17.1 Å². The molecule has 0 bridgehead atoms. The molecule has 1 saturated carbocycles. The molecule has 2 amide bonds. The highest BCUT2D eigenvalue weighted by molar-refractivity contribution is 7.90. The topological polar surface area (TPSA) is 186 Å². The zero-order chi connectivity index (χ0) is 41.4. The van der Waals surface area contributed by atoms with Gasteiger partial charge in [0.1, 0.15) is 22.8 Å². The summed E-state index contributed by atoms with van der Waals surface area (Å²) in [5.41, 5.74) is 4.98. The Morgan fingerprint density at radius 3 is 2.50 bits per heavy atom. The average Bonchev–Trinajstić information content (AvgIpc) is 3.88. The first-order valence-corrected chi connectivity index (χ1v) is 21.5. The monoisotopic (exact) mass is 826 g/mol. The number of pyridine rings is 1. The lowest BCUT2D eigenvalue weighted by molar-refractivity contribution is -0.384. The summed E-state index contributed by atoms with van der Waals surface area (Å²) < 4.78 is 41.0. The summed E-state index contributed by atoms with van der Waals surface area (Å²) in [5, 5.41) is 15.9. The number of H-pyrrole nitrogens is 1. The van der Waals surface area contributed by atoms with Crippen LogP contribution in [0.15, 0.2) is 114 Å². The molecule has 9 rings (SSSR count). The highest BCUT2D eigenvalue weighted by Gasteiger charge is 2.37. The van der Waals surface area contributed by atoms with Crippen molar-refractivity contribution in [1.82, 2.24) is 14.7 Å². The van der Waals surface area contributed by atoms with Gasteiger partial charge >= 0.3 is 0 Å². The molecule has 2 saturated heterocycles. The number of nitrogens with zero attached hydrogens (tertiary/aromatic N) is 3. The highest BCUT2D eigenvalue weighted by Crippen LogP contribution is 2.48. The Kier molecular flexibility index (Phi) is 10.5. The summed E-state index contributed by atoms with van der Waals surface area (Å²) in [4.78, 5) is 47.5. The van der Waals surface area contributed by atoms with Crippen LogP contribution in [0.5, 0.6) is 11.5 Å². The van der Waals surface area contributed by atoms with Crippen LogP contribution in [-0.2, 0) is 19.6 Å². The third-order valence-corrected chi connectivity index (χ3v) is 12.8. The number of nitro groups is 1. The number of benzene rings is 4. The first kappa shape index (κ1) is 38.9. The van der Waals surface area contributed by atoms with Crippen molar-refractivity contribution in [2.45, 2.75) is 55.4 Å². The number of nitrogens with one attached hydrogen (secondary N) is 3. The van der Waals surface area contributed by atoms with E-state index in [4.69, 9.17) is 9.47 Å². The van der Waals surface area contributed by atoms with Gasteiger partial charge < -0.3 is 24.7 Å². The molecule has 2 aliphatic heterocycles. The van der Waals surface area contributed by atoms with Gasteiger partial charge in [-0.15, -0.1) is 0 Å². The predicted molar refractivity (Wildman–Crippen MR) is 226 cm³/mol. The van der Waals surface area contributed by atoms with E-state index in [1.165, 1.54) is 30.0 Å². The molecule has 306 valence electrons. The largest absolute Gasteiger partial charge is 0.455 e. The Morgan fingerprint density at radius 2 is 1.72 bits per heavy atom. The fourth-order valence-electron chi connectivity index (χ4n) is 8.14. The van der Waals surface area contributed by atoms with E-state index in [9.17, 15) is 28.1 Å². The number of carbonyl (C=O) groups excluding carboxylic acids is 2. The third kappa shape index (κ3) is 8.05. The minimum Gasteiger partial charge on any atom is -0.455 e. The molecule has 15 heteroatoms. The Bertz CT molecular complexity index is 2730. The molecule has 3 fully saturated rings. The molecule has 1 aliphatic carbocycles. The van der Waals surface area contributed by atoms with Crippen molar-refractivity contribution in [2.24, 2.45) is 5.92 Å². The third-order valence-electron chi connectivity index (χ3n) is 11.5. The Balaban J connectivity index is 0.988. The van der Waals surface area contributed by atoms with Crippen molar-refractivity contribution in [3.8, 4) is 22.6 Å². The number of aromatic nitrogens is 2. The lowest BCUT2D eigenvalue weighted by atomic mass is 9.97. The summed E-state index contributed by atoms with van der Waals surface area (Å²) >= 11 is 0. The molecule has 0 radical (unpaired) electrons. The number of sulfonamides is 1. The smallest absolute Gasteiger partial charge is 0.293 e. The first-order chi connectivity index (χ1) is 29.1. The molecule has 0 spiro atoms. The maximum Gasteiger partial charge on any atom is 0.293 e. The number of carbonyl (C=O) groups is 2. The minimum absolute atomic E-state index is 0.0591. The SMILES string of the molecule is O=C(NS(=O)(=O)c1ccc(NCC2CCOCC2)c([N+](=O)[O-])c1)c1ccc(-c2ccc(C3CCC(=O)N3c3ccccc3C3CC3)cc2)cc1Oc1cnc2[nH]ccc2c1. The summed E-state index contributed by atoms with van der Waals surface area (Å²) in [6.07, 6.45) is 8.28. The normalized spacial score (nSPS) is 17.2. The molecule has 4 heterocycles. The van der Waals surface area contributed by atoms with Gasteiger partial charge in [0.25, 0.3) is 21.6 Å². The molecule has 3 N–H and O–H groups in total. The second-order valence-corrected chi connectivity index (χ2v) is 17.2. The number of para-hydroxylation sites is 1. The van der Waals surface area contributed by atoms with Gasteiger partial charge in [-0.05, 0) is 109 Å². The molecule has 1 unspecified atom stereocenters. The van der Waals surface area contributed by atoms with Gasteiger partial charge in [-0.2, -0.15) is 0 Å². The Labute approximate surface area is 346 Å². The van der Waals surface area contributed by atoms with Crippen LogP contribution in [-0.4, -0.2) is 54.9 Å². The summed E-state index contributed by atoms with van der Waals surface area (Å²) in [6.45, 7) is 1.71. The van der Waals surface area contributed by atoms with Crippen molar-refractivity contribution < 1.29 is 32.4 Å². The standard InChI is InChI=1S/C45H42N6O8S/c52-43-16-15-39(50(43)40-4-2-1-3-36(40)30-7-8-30)31-9-5-29(6-10-31)32-11-13-37(42(24-32)59-34-23-33-17-20-46-44(33)48-27-34)45(53)49-60(56,57)35-12-14-38(41(25-35)51(54)55)47-26-28-18-21-58-22-19-28/h1-6,9-14,17,20,23-25,27-28,30,39,47H,7-8,15-16,18-19,21-22,26H2,(H,46,48)(H,49,53). The van der Waals surface area contributed by atoms with Crippen LogP contribution in [0, 0.1) is 16.0 Å². The summed E-state index contributed by atoms with van der Waals surface area (Å²) in [5.74, 6) is 0.230.